The van der Waals surface area contributed by atoms with E-state index in [4.69, 9.17) is 16.7 Å². The van der Waals surface area contributed by atoms with Gasteiger partial charge in [-0.2, -0.15) is 0 Å². The molecule has 5 nitrogen and oxygen atoms in total. The Balaban J connectivity index is 2.88. The SMILES string of the molecule is Cc1cc([N+](=O)[O-])c(Cl)cc1NCCCO. The molecule has 0 radical (unpaired) electrons. The standard InChI is InChI=1S/C10H13ClN2O3/c1-7-5-10(13(15)16)8(11)6-9(7)12-3-2-4-14/h5-6,12,14H,2-4H2,1H3. The predicted octanol–water partition coefficient (Wildman–Crippen LogP) is 2.35. The average molecular weight is 245 g/mol. The molecule has 0 saturated heterocycles. The molecule has 0 fully saturated rings. The molecule has 1 aromatic carbocycles. The summed E-state index contributed by atoms with van der Waals surface area (Å²) in [6.07, 6.45) is 0.619. The minimum Gasteiger partial charge on any atom is -0.396 e. The summed E-state index contributed by atoms with van der Waals surface area (Å²) in [6.45, 7) is 2.48. The van der Waals surface area contributed by atoms with Gasteiger partial charge in [-0.25, -0.2) is 0 Å². The number of benzene rings is 1. The maximum absolute atomic E-state index is 10.6. The maximum atomic E-state index is 10.6. The van der Waals surface area contributed by atoms with Crippen molar-refractivity contribution in [2.45, 2.75) is 13.3 Å². The van der Waals surface area contributed by atoms with Crippen molar-refractivity contribution in [3.63, 3.8) is 0 Å². The van der Waals surface area contributed by atoms with Gasteiger partial charge in [-0.15, -0.1) is 0 Å². The van der Waals surface area contributed by atoms with Gasteiger partial charge in [-0.1, -0.05) is 11.6 Å². The molecule has 0 saturated carbocycles. The number of hydrogen-bond acceptors (Lipinski definition) is 4. The van der Waals surface area contributed by atoms with Gasteiger partial charge < -0.3 is 10.4 Å². The third kappa shape index (κ3) is 3.08. The van der Waals surface area contributed by atoms with Crippen LogP contribution in [-0.4, -0.2) is 23.2 Å². The highest BCUT2D eigenvalue weighted by Crippen LogP contribution is 2.30. The number of halogens is 1. The van der Waals surface area contributed by atoms with Crippen molar-refractivity contribution in [2.24, 2.45) is 0 Å². The molecule has 1 aromatic rings. The Labute approximate surface area is 98.2 Å². The van der Waals surface area contributed by atoms with Crippen molar-refractivity contribution in [3.8, 4) is 0 Å². The number of nitro groups is 1. The van der Waals surface area contributed by atoms with Crippen LogP contribution in [0.25, 0.3) is 0 Å². The Bertz CT molecular complexity index is 396. The Morgan fingerprint density at radius 1 is 1.56 bits per heavy atom. The van der Waals surface area contributed by atoms with Gasteiger partial charge in [0.2, 0.25) is 0 Å². The van der Waals surface area contributed by atoms with Gasteiger partial charge in [0, 0.05) is 24.9 Å². The van der Waals surface area contributed by atoms with Crippen LogP contribution >= 0.6 is 11.6 Å². The van der Waals surface area contributed by atoms with Crippen molar-refractivity contribution in [1.82, 2.24) is 0 Å². The molecule has 0 aliphatic rings. The molecule has 16 heavy (non-hydrogen) atoms. The number of nitrogens with one attached hydrogen (secondary N) is 1. The summed E-state index contributed by atoms with van der Waals surface area (Å²) in [5.74, 6) is 0. The van der Waals surface area contributed by atoms with E-state index in [0.29, 0.717) is 13.0 Å². The van der Waals surface area contributed by atoms with E-state index in [1.807, 2.05) is 0 Å². The van der Waals surface area contributed by atoms with Crippen LogP contribution in [0.4, 0.5) is 11.4 Å². The molecular formula is C10H13ClN2O3. The van der Waals surface area contributed by atoms with Crippen LogP contribution in [0.3, 0.4) is 0 Å². The third-order valence-electron chi connectivity index (χ3n) is 2.14. The zero-order chi connectivity index (χ0) is 12.1. The number of aliphatic hydroxyl groups is 1. The number of aliphatic hydroxyl groups excluding tert-OH is 1. The molecule has 0 aliphatic carbocycles. The number of anilines is 1. The van der Waals surface area contributed by atoms with Gasteiger partial charge in [0.05, 0.1) is 4.92 Å². The van der Waals surface area contributed by atoms with Crippen molar-refractivity contribution < 1.29 is 10.0 Å². The van der Waals surface area contributed by atoms with Crippen LogP contribution in [0.5, 0.6) is 0 Å². The van der Waals surface area contributed by atoms with Gasteiger partial charge >= 0.3 is 0 Å². The highest BCUT2D eigenvalue weighted by molar-refractivity contribution is 6.33. The first-order valence-electron chi connectivity index (χ1n) is 4.85. The first-order chi connectivity index (χ1) is 7.56. The van der Waals surface area contributed by atoms with E-state index >= 15 is 0 Å². The van der Waals surface area contributed by atoms with Crippen LogP contribution in [0.1, 0.15) is 12.0 Å². The van der Waals surface area contributed by atoms with E-state index in [1.165, 1.54) is 12.1 Å². The highest BCUT2D eigenvalue weighted by atomic mass is 35.5. The number of rotatable bonds is 5. The molecule has 88 valence electrons. The quantitative estimate of drug-likeness (QED) is 0.474. The smallest absolute Gasteiger partial charge is 0.288 e. The second-order valence-electron chi connectivity index (χ2n) is 3.38. The molecule has 0 bridgehead atoms. The van der Waals surface area contributed by atoms with Crippen LogP contribution < -0.4 is 5.32 Å². The first-order valence-corrected chi connectivity index (χ1v) is 5.23. The van der Waals surface area contributed by atoms with Crippen LogP contribution in [-0.2, 0) is 0 Å². The normalized spacial score (nSPS) is 10.2. The number of nitro benzene ring substituents is 1. The molecule has 0 heterocycles. The van der Waals surface area contributed by atoms with Gasteiger partial charge in [0.15, 0.2) is 0 Å². The fourth-order valence-corrected chi connectivity index (χ4v) is 1.53. The van der Waals surface area contributed by atoms with E-state index < -0.39 is 4.92 Å². The van der Waals surface area contributed by atoms with E-state index in [1.54, 1.807) is 6.92 Å². The summed E-state index contributed by atoms with van der Waals surface area (Å²) in [5, 5.41) is 22.4. The lowest BCUT2D eigenvalue weighted by Gasteiger charge is -2.09. The third-order valence-corrected chi connectivity index (χ3v) is 2.44. The first kappa shape index (κ1) is 12.7. The minimum absolute atomic E-state index is 0.0909. The van der Waals surface area contributed by atoms with E-state index in [0.717, 1.165) is 11.3 Å². The van der Waals surface area contributed by atoms with Crippen molar-refractivity contribution in [2.75, 3.05) is 18.5 Å². The Hall–Kier alpha value is -1.33. The predicted molar refractivity (Wildman–Crippen MR) is 63.0 cm³/mol. The molecule has 6 heteroatoms. The average Bonchev–Trinajstić information content (AvgIpc) is 2.22. The van der Waals surface area contributed by atoms with Crippen molar-refractivity contribution in [3.05, 3.63) is 32.8 Å². The molecule has 0 atom stereocenters. The zero-order valence-corrected chi connectivity index (χ0v) is 9.62. The highest BCUT2D eigenvalue weighted by Gasteiger charge is 2.14. The molecule has 0 aliphatic heterocycles. The monoisotopic (exact) mass is 244 g/mol. The Kier molecular flexibility index (Phi) is 4.52. The lowest BCUT2D eigenvalue weighted by molar-refractivity contribution is -0.384. The Morgan fingerprint density at radius 2 is 2.25 bits per heavy atom. The van der Waals surface area contributed by atoms with Crippen molar-refractivity contribution in [1.29, 1.82) is 0 Å². The molecule has 0 aromatic heterocycles. The summed E-state index contributed by atoms with van der Waals surface area (Å²) in [4.78, 5) is 10.1. The van der Waals surface area contributed by atoms with E-state index in [9.17, 15) is 10.1 Å². The van der Waals surface area contributed by atoms with Gasteiger partial charge in [0.1, 0.15) is 5.02 Å². The lowest BCUT2D eigenvalue weighted by Crippen LogP contribution is -2.05. The molecule has 0 spiro atoms. The lowest BCUT2D eigenvalue weighted by atomic mass is 10.1. The number of aryl methyl sites for hydroxylation is 1. The fourth-order valence-electron chi connectivity index (χ4n) is 1.30. The van der Waals surface area contributed by atoms with Crippen molar-refractivity contribution >= 4 is 23.0 Å². The zero-order valence-electron chi connectivity index (χ0n) is 8.86. The topological polar surface area (TPSA) is 75.4 Å². The second-order valence-corrected chi connectivity index (χ2v) is 3.79. The van der Waals surface area contributed by atoms with E-state index in [2.05, 4.69) is 5.32 Å². The number of nitrogens with zero attached hydrogens (tertiary/aromatic N) is 1. The van der Waals surface area contributed by atoms with Gasteiger partial charge in [-0.05, 0) is 25.0 Å². The van der Waals surface area contributed by atoms with Crippen LogP contribution in [0.2, 0.25) is 5.02 Å². The Morgan fingerprint density at radius 3 is 2.81 bits per heavy atom. The van der Waals surface area contributed by atoms with Gasteiger partial charge in [0.25, 0.3) is 5.69 Å². The van der Waals surface area contributed by atoms with Gasteiger partial charge in [-0.3, -0.25) is 10.1 Å². The summed E-state index contributed by atoms with van der Waals surface area (Å²) >= 11 is 5.78. The summed E-state index contributed by atoms with van der Waals surface area (Å²) in [5.41, 5.74) is 1.42. The number of hydrogen-bond donors (Lipinski definition) is 2. The molecule has 1 rings (SSSR count). The molecular weight excluding hydrogens is 232 g/mol. The van der Waals surface area contributed by atoms with Crippen LogP contribution in [0.15, 0.2) is 12.1 Å². The van der Waals surface area contributed by atoms with Crippen LogP contribution in [0, 0.1) is 17.0 Å². The molecule has 0 amide bonds. The maximum Gasteiger partial charge on any atom is 0.288 e. The summed E-state index contributed by atoms with van der Waals surface area (Å²) in [6, 6.07) is 2.97. The fraction of sp³-hybridized carbons (Fsp3) is 0.400. The molecule has 0 unspecified atom stereocenters. The largest absolute Gasteiger partial charge is 0.396 e. The summed E-state index contributed by atoms with van der Waals surface area (Å²) < 4.78 is 0. The molecule has 2 N–H and O–H groups in total. The minimum atomic E-state index is -0.507. The van der Waals surface area contributed by atoms with E-state index in [-0.39, 0.29) is 17.3 Å². The second kappa shape index (κ2) is 5.67. The summed E-state index contributed by atoms with van der Waals surface area (Å²) in [7, 11) is 0.